The third kappa shape index (κ3) is 3.57. The molecule has 1 aliphatic heterocycles. The van der Waals surface area contributed by atoms with Crippen LogP contribution in [0.1, 0.15) is 37.8 Å². The summed E-state index contributed by atoms with van der Waals surface area (Å²) in [5.74, 6) is 0. The summed E-state index contributed by atoms with van der Waals surface area (Å²) in [7, 11) is 0. The number of hydrogen-bond acceptors (Lipinski definition) is 1. The summed E-state index contributed by atoms with van der Waals surface area (Å²) in [6.07, 6.45) is 3.90. The molecule has 1 fully saturated rings. The minimum Gasteiger partial charge on any atom is -0.303 e. The van der Waals surface area contributed by atoms with Crippen molar-refractivity contribution in [2.24, 2.45) is 5.41 Å². The maximum Gasteiger partial charge on any atom is 0.00219 e. The van der Waals surface area contributed by atoms with Crippen LogP contribution in [0.4, 0.5) is 0 Å². The highest BCUT2D eigenvalue weighted by molar-refractivity contribution is 5.25. The molecule has 0 spiro atoms. The fourth-order valence-electron chi connectivity index (χ4n) is 2.55. The number of likely N-dealkylation sites (tertiary alicyclic amines) is 1. The molecule has 0 N–H and O–H groups in total. The van der Waals surface area contributed by atoms with Gasteiger partial charge >= 0.3 is 0 Å². The third-order valence-electron chi connectivity index (χ3n) is 4.17. The van der Waals surface area contributed by atoms with Crippen LogP contribution in [0.2, 0.25) is 0 Å². The fraction of sp³-hybridized carbons (Fsp3) is 0.625. The first kappa shape index (κ1) is 12.6. The maximum absolute atomic E-state index is 2.62. The molecule has 1 nitrogen and oxygen atoms in total. The molecular formula is C16H25N. The topological polar surface area (TPSA) is 3.24 Å². The van der Waals surface area contributed by atoms with Gasteiger partial charge in [-0.1, -0.05) is 38.1 Å². The minimum atomic E-state index is 0.569. The van der Waals surface area contributed by atoms with Crippen LogP contribution in [0.15, 0.2) is 24.3 Å². The molecule has 1 aromatic rings. The smallest absolute Gasteiger partial charge is 0.00219 e. The molecule has 1 heterocycles. The Hall–Kier alpha value is -0.820. The summed E-state index contributed by atoms with van der Waals surface area (Å²) in [5.41, 5.74) is 3.52. The van der Waals surface area contributed by atoms with E-state index in [9.17, 15) is 0 Å². The summed E-state index contributed by atoms with van der Waals surface area (Å²) in [6, 6.07) is 8.77. The SMILES string of the molecule is Cc1ccccc1CCN1CCC(C)(C)CC1. The van der Waals surface area contributed by atoms with Crippen molar-refractivity contribution in [3.63, 3.8) is 0 Å². The summed E-state index contributed by atoms with van der Waals surface area (Å²) in [6.45, 7) is 10.8. The van der Waals surface area contributed by atoms with Crippen LogP contribution < -0.4 is 0 Å². The molecule has 94 valence electrons. The zero-order valence-electron chi connectivity index (χ0n) is 11.5. The molecule has 1 aromatic carbocycles. The van der Waals surface area contributed by atoms with Crippen molar-refractivity contribution in [1.29, 1.82) is 0 Å². The largest absolute Gasteiger partial charge is 0.303 e. The van der Waals surface area contributed by atoms with Crippen LogP contribution in [0, 0.1) is 12.3 Å². The summed E-state index contributed by atoms with van der Waals surface area (Å²) >= 11 is 0. The van der Waals surface area contributed by atoms with E-state index in [2.05, 4.69) is 49.9 Å². The molecule has 0 radical (unpaired) electrons. The van der Waals surface area contributed by atoms with Crippen LogP contribution in [0.25, 0.3) is 0 Å². The molecule has 1 saturated heterocycles. The van der Waals surface area contributed by atoms with Gasteiger partial charge in [-0.2, -0.15) is 0 Å². The zero-order chi connectivity index (χ0) is 12.3. The van der Waals surface area contributed by atoms with E-state index in [1.807, 2.05) is 0 Å². The average Bonchev–Trinajstić information content (AvgIpc) is 2.30. The van der Waals surface area contributed by atoms with Crippen LogP contribution in [-0.2, 0) is 6.42 Å². The van der Waals surface area contributed by atoms with Gasteiger partial charge in [0, 0.05) is 6.54 Å². The monoisotopic (exact) mass is 231 g/mol. The molecule has 0 bridgehead atoms. The molecule has 0 atom stereocenters. The lowest BCUT2D eigenvalue weighted by molar-refractivity contribution is 0.134. The predicted molar refractivity (Wildman–Crippen MR) is 74.3 cm³/mol. The Balaban J connectivity index is 1.82. The van der Waals surface area contributed by atoms with Crippen LogP contribution >= 0.6 is 0 Å². The van der Waals surface area contributed by atoms with E-state index >= 15 is 0 Å². The lowest BCUT2D eigenvalue weighted by Crippen LogP contribution is -2.38. The van der Waals surface area contributed by atoms with Gasteiger partial charge in [-0.15, -0.1) is 0 Å². The van der Waals surface area contributed by atoms with Gasteiger partial charge in [0.25, 0.3) is 0 Å². The highest BCUT2D eigenvalue weighted by Crippen LogP contribution is 2.29. The number of nitrogens with zero attached hydrogens (tertiary/aromatic N) is 1. The summed E-state index contributed by atoms with van der Waals surface area (Å²) in [5, 5.41) is 0. The van der Waals surface area contributed by atoms with Gasteiger partial charge in [0.05, 0.1) is 0 Å². The third-order valence-corrected chi connectivity index (χ3v) is 4.17. The van der Waals surface area contributed by atoms with Gasteiger partial charge in [-0.05, 0) is 55.8 Å². The van der Waals surface area contributed by atoms with Gasteiger partial charge < -0.3 is 4.90 Å². The molecule has 0 amide bonds. The van der Waals surface area contributed by atoms with Crippen molar-refractivity contribution in [1.82, 2.24) is 4.90 Å². The fourth-order valence-corrected chi connectivity index (χ4v) is 2.55. The predicted octanol–water partition coefficient (Wildman–Crippen LogP) is 3.66. The van der Waals surface area contributed by atoms with Crippen molar-refractivity contribution >= 4 is 0 Å². The van der Waals surface area contributed by atoms with Gasteiger partial charge in [0.1, 0.15) is 0 Å². The Bertz CT molecular complexity index is 358. The Labute approximate surface area is 106 Å². The van der Waals surface area contributed by atoms with Crippen LogP contribution in [0.5, 0.6) is 0 Å². The lowest BCUT2D eigenvalue weighted by Gasteiger charge is -2.37. The highest BCUT2D eigenvalue weighted by atomic mass is 15.1. The summed E-state index contributed by atoms with van der Waals surface area (Å²) < 4.78 is 0. The number of hydrogen-bond donors (Lipinski definition) is 0. The molecular weight excluding hydrogens is 206 g/mol. The zero-order valence-corrected chi connectivity index (χ0v) is 11.5. The van der Waals surface area contributed by atoms with Crippen LogP contribution in [0.3, 0.4) is 0 Å². The quantitative estimate of drug-likeness (QED) is 0.767. The number of rotatable bonds is 3. The summed E-state index contributed by atoms with van der Waals surface area (Å²) in [4.78, 5) is 2.62. The van der Waals surface area contributed by atoms with E-state index in [0.29, 0.717) is 5.41 Å². The van der Waals surface area contributed by atoms with E-state index in [0.717, 1.165) is 0 Å². The van der Waals surface area contributed by atoms with Crippen LogP contribution in [-0.4, -0.2) is 24.5 Å². The molecule has 0 unspecified atom stereocenters. The van der Waals surface area contributed by atoms with Crippen molar-refractivity contribution in [3.05, 3.63) is 35.4 Å². The maximum atomic E-state index is 2.62. The van der Waals surface area contributed by atoms with Gasteiger partial charge in [-0.3, -0.25) is 0 Å². The van der Waals surface area contributed by atoms with Crippen molar-refractivity contribution in [2.45, 2.75) is 40.0 Å². The first-order valence-corrected chi connectivity index (χ1v) is 6.84. The number of aryl methyl sites for hydroxylation is 1. The second-order valence-electron chi connectivity index (χ2n) is 6.18. The number of benzene rings is 1. The molecule has 1 aliphatic rings. The molecule has 0 aromatic heterocycles. The molecule has 0 saturated carbocycles. The molecule has 17 heavy (non-hydrogen) atoms. The minimum absolute atomic E-state index is 0.569. The van der Waals surface area contributed by atoms with Gasteiger partial charge in [0.15, 0.2) is 0 Å². The lowest BCUT2D eigenvalue weighted by atomic mass is 9.82. The Kier molecular flexibility index (Phi) is 3.88. The van der Waals surface area contributed by atoms with E-state index < -0.39 is 0 Å². The highest BCUT2D eigenvalue weighted by Gasteiger charge is 2.24. The second kappa shape index (κ2) is 5.22. The van der Waals surface area contributed by atoms with E-state index in [1.54, 1.807) is 0 Å². The van der Waals surface area contributed by atoms with Crippen molar-refractivity contribution < 1.29 is 0 Å². The molecule has 2 rings (SSSR count). The van der Waals surface area contributed by atoms with E-state index in [1.165, 1.54) is 50.0 Å². The van der Waals surface area contributed by atoms with Crippen molar-refractivity contribution in [3.8, 4) is 0 Å². The van der Waals surface area contributed by atoms with E-state index in [4.69, 9.17) is 0 Å². The Morgan fingerprint density at radius 2 is 1.76 bits per heavy atom. The Morgan fingerprint density at radius 3 is 2.41 bits per heavy atom. The van der Waals surface area contributed by atoms with Gasteiger partial charge in [-0.25, -0.2) is 0 Å². The normalized spacial score (nSPS) is 20.4. The van der Waals surface area contributed by atoms with Crippen molar-refractivity contribution in [2.75, 3.05) is 19.6 Å². The standard InChI is InChI=1S/C16H25N/c1-14-6-4-5-7-15(14)8-11-17-12-9-16(2,3)10-13-17/h4-7H,8-13H2,1-3H3. The Morgan fingerprint density at radius 1 is 1.12 bits per heavy atom. The first-order chi connectivity index (χ1) is 8.07. The van der Waals surface area contributed by atoms with Gasteiger partial charge in [0.2, 0.25) is 0 Å². The number of piperidine rings is 1. The average molecular weight is 231 g/mol. The second-order valence-corrected chi connectivity index (χ2v) is 6.18. The first-order valence-electron chi connectivity index (χ1n) is 6.84. The van der Waals surface area contributed by atoms with E-state index in [-0.39, 0.29) is 0 Å². The molecule has 0 aliphatic carbocycles. The molecule has 1 heteroatoms.